The van der Waals surface area contributed by atoms with Gasteiger partial charge in [-0.25, -0.2) is 4.98 Å². The number of carbonyl (C=O) groups is 1. The second-order valence-electron chi connectivity index (χ2n) is 5.37. The molecule has 112 valence electrons. The number of nitrogens with one attached hydrogen (secondary N) is 1. The van der Waals surface area contributed by atoms with Crippen LogP contribution in [0.25, 0.3) is 0 Å². The van der Waals surface area contributed by atoms with Gasteiger partial charge in [-0.15, -0.1) is 0 Å². The van der Waals surface area contributed by atoms with E-state index in [0.717, 1.165) is 52.1 Å². The fourth-order valence-corrected chi connectivity index (χ4v) is 2.33. The highest BCUT2D eigenvalue weighted by Crippen LogP contribution is 1.99. The molecule has 0 atom stereocenters. The molecule has 0 saturated carbocycles. The zero-order chi connectivity index (χ0) is 14.2. The van der Waals surface area contributed by atoms with Gasteiger partial charge < -0.3 is 19.7 Å². The van der Waals surface area contributed by atoms with Gasteiger partial charge in [0.05, 0.1) is 12.9 Å². The summed E-state index contributed by atoms with van der Waals surface area (Å²) in [6.07, 6.45) is 7.79. The first kappa shape index (κ1) is 15.0. The quantitative estimate of drug-likeness (QED) is 0.715. The van der Waals surface area contributed by atoms with E-state index in [1.165, 1.54) is 0 Å². The number of likely N-dealkylation sites (N-methyl/N-ethyl adjacent to an activating group) is 1. The van der Waals surface area contributed by atoms with Crippen LogP contribution in [-0.2, 0) is 11.3 Å². The van der Waals surface area contributed by atoms with Crippen LogP contribution in [0.5, 0.6) is 0 Å². The van der Waals surface area contributed by atoms with Gasteiger partial charge in [0.15, 0.2) is 0 Å². The lowest BCUT2D eigenvalue weighted by Crippen LogP contribution is -2.49. The van der Waals surface area contributed by atoms with Crippen molar-refractivity contribution in [1.82, 2.24) is 24.7 Å². The van der Waals surface area contributed by atoms with Crippen LogP contribution in [0.2, 0.25) is 0 Å². The second kappa shape index (κ2) is 8.01. The summed E-state index contributed by atoms with van der Waals surface area (Å²) < 4.78 is 2.08. The number of aryl methyl sites for hydroxylation is 1. The van der Waals surface area contributed by atoms with Crippen LogP contribution in [0, 0.1) is 0 Å². The van der Waals surface area contributed by atoms with Gasteiger partial charge in [-0.1, -0.05) is 0 Å². The molecule has 0 aromatic carbocycles. The Morgan fingerprint density at radius 1 is 1.25 bits per heavy atom. The summed E-state index contributed by atoms with van der Waals surface area (Å²) in [7, 11) is 2.10. The van der Waals surface area contributed by atoms with Gasteiger partial charge in [-0.2, -0.15) is 0 Å². The third kappa shape index (κ3) is 4.94. The van der Waals surface area contributed by atoms with Crippen molar-refractivity contribution < 1.29 is 4.79 Å². The van der Waals surface area contributed by atoms with Crippen molar-refractivity contribution in [2.24, 2.45) is 0 Å². The van der Waals surface area contributed by atoms with Gasteiger partial charge in [0.2, 0.25) is 5.91 Å². The third-order valence-electron chi connectivity index (χ3n) is 3.71. The first-order chi connectivity index (χ1) is 9.75. The van der Waals surface area contributed by atoms with E-state index in [9.17, 15) is 4.79 Å². The Morgan fingerprint density at radius 2 is 2.05 bits per heavy atom. The van der Waals surface area contributed by atoms with Crippen molar-refractivity contribution in [3.63, 3.8) is 0 Å². The minimum absolute atomic E-state index is 0.229. The van der Waals surface area contributed by atoms with Gasteiger partial charge in [-0.05, 0) is 26.4 Å². The van der Waals surface area contributed by atoms with E-state index in [0.29, 0.717) is 6.54 Å². The van der Waals surface area contributed by atoms with Crippen LogP contribution in [0.4, 0.5) is 0 Å². The highest BCUT2D eigenvalue weighted by atomic mass is 16.2. The first-order valence-electron chi connectivity index (χ1n) is 7.38. The molecule has 0 radical (unpaired) electrons. The Bertz CT molecular complexity index is 384. The number of rotatable bonds is 7. The zero-order valence-corrected chi connectivity index (χ0v) is 12.3. The van der Waals surface area contributed by atoms with Crippen LogP contribution >= 0.6 is 0 Å². The molecule has 1 aliphatic heterocycles. The van der Waals surface area contributed by atoms with E-state index in [1.807, 2.05) is 17.4 Å². The molecule has 2 rings (SSSR count). The predicted molar refractivity (Wildman–Crippen MR) is 78.4 cm³/mol. The zero-order valence-electron chi connectivity index (χ0n) is 12.3. The minimum Gasteiger partial charge on any atom is -0.339 e. The monoisotopic (exact) mass is 279 g/mol. The highest BCUT2D eigenvalue weighted by molar-refractivity contribution is 5.78. The van der Waals surface area contributed by atoms with Gasteiger partial charge >= 0.3 is 0 Å². The molecule has 20 heavy (non-hydrogen) atoms. The summed E-state index contributed by atoms with van der Waals surface area (Å²) >= 11 is 0. The molecule has 1 aromatic rings. The lowest BCUT2D eigenvalue weighted by molar-refractivity contribution is -0.131. The van der Waals surface area contributed by atoms with Gasteiger partial charge in [0.1, 0.15) is 0 Å². The fourth-order valence-electron chi connectivity index (χ4n) is 2.33. The minimum atomic E-state index is 0.229. The molecule has 0 aliphatic carbocycles. The molecule has 1 amide bonds. The number of nitrogens with zero attached hydrogens (tertiary/aromatic N) is 4. The SMILES string of the molecule is CN1CCN(C(=O)CNCCCCn2ccnc2)CC1. The van der Waals surface area contributed by atoms with E-state index in [1.54, 1.807) is 6.20 Å². The van der Waals surface area contributed by atoms with Crippen LogP contribution < -0.4 is 5.32 Å². The van der Waals surface area contributed by atoms with E-state index in [4.69, 9.17) is 0 Å². The number of amides is 1. The number of hydrogen-bond acceptors (Lipinski definition) is 4. The molecule has 6 heteroatoms. The van der Waals surface area contributed by atoms with Gasteiger partial charge in [0, 0.05) is 45.1 Å². The molecule has 0 bridgehead atoms. The van der Waals surface area contributed by atoms with Crippen LogP contribution in [-0.4, -0.2) is 71.6 Å². The Balaban J connectivity index is 1.49. The molecular weight excluding hydrogens is 254 g/mol. The average Bonchev–Trinajstić information content (AvgIpc) is 2.96. The Kier molecular flexibility index (Phi) is 6.01. The van der Waals surface area contributed by atoms with Crippen molar-refractivity contribution >= 4 is 5.91 Å². The van der Waals surface area contributed by atoms with Crippen LogP contribution in [0.15, 0.2) is 18.7 Å². The topological polar surface area (TPSA) is 53.4 Å². The number of carbonyl (C=O) groups excluding carboxylic acids is 1. The summed E-state index contributed by atoms with van der Waals surface area (Å²) in [4.78, 5) is 20.2. The smallest absolute Gasteiger partial charge is 0.236 e. The fraction of sp³-hybridized carbons (Fsp3) is 0.714. The Hall–Kier alpha value is -1.40. The molecule has 1 aliphatic rings. The van der Waals surface area contributed by atoms with Crippen molar-refractivity contribution in [3.8, 4) is 0 Å². The summed E-state index contributed by atoms with van der Waals surface area (Å²) in [6, 6.07) is 0. The summed E-state index contributed by atoms with van der Waals surface area (Å²) in [5.41, 5.74) is 0. The number of piperazine rings is 1. The third-order valence-corrected chi connectivity index (χ3v) is 3.71. The van der Waals surface area contributed by atoms with Gasteiger partial charge in [0.25, 0.3) is 0 Å². The highest BCUT2D eigenvalue weighted by Gasteiger charge is 2.17. The summed E-state index contributed by atoms with van der Waals surface area (Å²) in [5.74, 6) is 0.229. The van der Waals surface area contributed by atoms with Crippen molar-refractivity contribution in [1.29, 1.82) is 0 Å². The number of unbranched alkanes of at least 4 members (excludes halogenated alkanes) is 1. The Morgan fingerprint density at radius 3 is 2.75 bits per heavy atom. The van der Waals surface area contributed by atoms with Crippen molar-refractivity contribution in [2.75, 3.05) is 46.3 Å². The molecular formula is C14H25N5O. The maximum Gasteiger partial charge on any atom is 0.236 e. The normalized spacial score (nSPS) is 16.6. The predicted octanol–water partition coefficient (Wildman–Crippen LogP) is 0.0269. The molecule has 0 spiro atoms. The standard InChI is InChI=1S/C14H25N5O/c1-17-8-10-19(11-9-17)14(20)12-15-4-2-3-6-18-7-5-16-13-18/h5,7,13,15H,2-4,6,8-12H2,1H3. The molecule has 2 heterocycles. The van der Waals surface area contributed by atoms with Crippen molar-refractivity contribution in [2.45, 2.75) is 19.4 Å². The lowest BCUT2D eigenvalue weighted by Gasteiger charge is -2.32. The molecule has 1 N–H and O–H groups in total. The van der Waals surface area contributed by atoms with Crippen LogP contribution in [0.3, 0.4) is 0 Å². The molecule has 1 fully saturated rings. The maximum atomic E-state index is 12.0. The second-order valence-corrected chi connectivity index (χ2v) is 5.37. The molecule has 0 unspecified atom stereocenters. The molecule has 1 saturated heterocycles. The first-order valence-corrected chi connectivity index (χ1v) is 7.38. The average molecular weight is 279 g/mol. The Labute approximate surface area is 120 Å². The van der Waals surface area contributed by atoms with Crippen LogP contribution in [0.1, 0.15) is 12.8 Å². The largest absolute Gasteiger partial charge is 0.339 e. The van der Waals surface area contributed by atoms with Gasteiger partial charge in [-0.3, -0.25) is 4.79 Å². The molecule has 6 nitrogen and oxygen atoms in total. The number of imidazole rings is 1. The van der Waals surface area contributed by atoms with Crippen molar-refractivity contribution in [3.05, 3.63) is 18.7 Å². The van der Waals surface area contributed by atoms with E-state index < -0.39 is 0 Å². The van der Waals surface area contributed by atoms with E-state index >= 15 is 0 Å². The lowest BCUT2D eigenvalue weighted by atomic mass is 10.3. The number of hydrogen-bond donors (Lipinski definition) is 1. The van der Waals surface area contributed by atoms with E-state index in [-0.39, 0.29) is 5.91 Å². The van der Waals surface area contributed by atoms with E-state index in [2.05, 4.69) is 26.8 Å². The molecule has 1 aromatic heterocycles. The number of aromatic nitrogens is 2. The maximum absolute atomic E-state index is 12.0. The summed E-state index contributed by atoms with van der Waals surface area (Å²) in [6.45, 7) is 6.04. The summed E-state index contributed by atoms with van der Waals surface area (Å²) in [5, 5.41) is 3.24.